The van der Waals surface area contributed by atoms with Gasteiger partial charge in [0.25, 0.3) is 0 Å². The summed E-state index contributed by atoms with van der Waals surface area (Å²) in [7, 11) is 9.09. The molecule has 1 heterocycles. The van der Waals surface area contributed by atoms with Crippen molar-refractivity contribution in [2.24, 2.45) is 17.8 Å². The van der Waals surface area contributed by atoms with Gasteiger partial charge in [-0.1, -0.05) is 53.2 Å². The van der Waals surface area contributed by atoms with E-state index in [-0.39, 0.29) is 48.1 Å². The number of benzene rings is 1. The Labute approximate surface area is 260 Å². The van der Waals surface area contributed by atoms with Crippen molar-refractivity contribution in [2.75, 3.05) is 53.4 Å². The fraction of sp³-hybridized carbons (Fsp3) is 0.735. The molecule has 0 radical (unpaired) electrons. The zero-order valence-electron chi connectivity index (χ0n) is 28.4. The van der Waals surface area contributed by atoms with E-state index in [1.165, 1.54) is 0 Å². The Bertz CT molecular complexity index is 1010. The minimum atomic E-state index is -0.432. The van der Waals surface area contributed by atoms with Crippen LogP contribution in [0.25, 0.3) is 0 Å². The molecule has 0 spiro atoms. The highest BCUT2D eigenvalue weighted by Gasteiger charge is 2.41. The van der Waals surface area contributed by atoms with Gasteiger partial charge in [0.1, 0.15) is 0 Å². The monoisotopic (exact) mass is 602 g/mol. The third-order valence-corrected chi connectivity index (χ3v) is 9.05. The van der Waals surface area contributed by atoms with Gasteiger partial charge in [-0.15, -0.1) is 0 Å². The third kappa shape index (κ3) is 10.2. The number of hydrogen-bond acceptors (Lipinski definition) is 6. The molecule has 1 N–H and O–H groups in total. The summed E-state index contributed by atoms with van der Waals surface area (Å²) in [5.41, 5.74) is 2.30. The molecule has 1 saturated heterocycles. The minimum Gasteiger partial charge on any atom is -0.379 e. The van der Waals surface area contributed by atoms with Gasteiger partial charge in [0, 0.05) is 60.6 Å². The number of amides is 3. The first-order valence-corrected chi connectivity index (χ1v) is 16.0. The van der Waals surface area contributed by atoms with E-state index < -0.39 is 18.1 Å². The van der Waals surface area contributed by atoms with Crippen LogP contribution in [0.5, 0.6) is 0 Å². The summed E-state index contributed by atoms with van der Waals surface area (Å²) in [6.07, 6.45) is 3.01. The smallest absolute Gasteiger partial charge is 0.225 e. The Morgan fingerprint density at radius 1 is 1.00 bits per heavy atom. The number of ether oxygens (including phenoxy) is 2. The Hall–Kier alpha value is -2.65. The number of likely N-dealkylation sites (tertiary alicyclic amines) is 1. The van der Waals surface area contributed by atoms with E-state index in [0.717, 1.165) is 36.9 Å². The summed E-state index contributed by atoms with van der Waals surface area (Å²) in [6.45, 7) is 11.3. The molecule has 1 aromatic carbocycles. The molecule has 0 saturated carbocycles. The minimum absolute atomic E-state index is 0.0248. The molecule has 9 heteroatoms. The van der Waals surface area contributed by atoms with Crippen molar-refractivity contribution in [3.63, 3.8) is 0 Å². The molecule has 6 unspecified atom stereocenters. The fourth-order valence-electron chi connectivity index (χ4n) is 6.27. The highest BCUT2D eigenvalue weighted by molar-refractivity contribution is 5.80. The molecular formula is C34H58N4O5. The lowest BCUT2D eigenvalue weighted by Gasteiger charge is -2.39. The summed E-state index contributed by atoms with van der Waals surface area (Å²) in [5.74, 6) is -0.0461. The molecule has 0 bridgehead atoms. The maximum atomic E-state index is 13.8. The summed E-state index contributed by atoms with van der Waals surface area (Å²) >= 11 is 0. The zero-order chi connectivity index (χ0) is 32.3. The van der Waals surface area contributed by atoms with Crippen molar-refractivity contribution < 1.29 is 23.9 Å². The number of methoxy groups -OCH3 is 2. The van der Waals surface area contributed by atoms with Crippen LogP contribution in [0.2, 0.25) is 0 Å². The molecule has 1 aromatic rings. The lowest BCUT2D eigenvalue weighted by atomic mass is 9.90. The number of anilines is 1. The molecule has 244 valence electrons. The molecule has 3 amide bonds. The molecule has 0 aliphatic carbocycles. The molecule has 6 atom stereocenters. The lowest BCUT2D eigenvalue weighted by molar-refractivity contribution is -0.146. The Balaban J connectivity index is 2.07. The van der Waals surface area contributed by atoms with Crippen molar-refractivity contribution in [1.29, 1.82) is 0 Å². The van der Waals surface area contributed by atoms with E-state index in [2.05, 4.69) is 48.3 Å². The van der Waals surface area contributed by atoms with Crippen LogP contribution in [0.4, 0.5) is 5.69 Å². The van der Waals surface area contributed by atoms with Crippen LogP contribution in [0, 0.1) is 17.8 Å². The molecule has 2 rings (SSSR count). The second kappa shape index (κ2) is 17.6. The summed E-state index contributed by atoms with van der Waals surface area (Å²) < 4.78 is 11.8. The summed E-state index contributed by atoms with van der Waals surface area (Å²) in [4.78, 5) is 45.7. The molecule has 1 fully saturated rings. The van der Waals surface area contributed by atoms with Gasteiger partial charge in [-0.25, -0.2) is 0 Å². The molecule has 9 nitrogen and oxygen atoms in total. The Morgan fingerprint density at radius 2 is 1.65 bits per heavy atom. The summed E-state index contributed by atoms with van der Waals surface area (Å²) in [6, 6.07) is 7.91. The molecule has 1 aliphatic rings. The maximum Gasteiger partial charge on any atom is 0.225 e. The van der Waals surface area contributed by atoms with E-state index in [4.69, 9.17) is 9.47 Å². The summed E-state index contributed by atoms with van der Waals surface area (Å²) in [5, 5.41) is 3.07. The SMILES string of the molecule is CCC(C)C(C(CC(=O)N1CCCC1C(OC)C(C)C(=O)NCCc1ccc(N(C)C)cc1)OC)N(C)C(=O)CC(C)C. The predicted octanol–water partition coefficient (Wildman–Crippen LogP) is 4.38. The van der Waals surface area contributed by atoms with E-state index in [9.17, 15) is 14.4 Å². The van der Waals surface area contributed by atoms with E-state index >= 15 is 0 Å². The standard InChI is InChI=1S/C34H58N4O5/c1-11-24(4)32(37(8)30(39)21-23(2)3)29(42-9)22-31(40)38-20-12-13-28(38)33(43-10)25(5)34(41)35-19-18-26-14-16-27(17-15-26)36(6)7/h14-17,23-25,28-29,32-33H,11-13,18-22H2,1-10H3,(H,35,41). The molecular weight excluding hydrogens is 544 g/mol. The largest absolute Gasteiger partial charge is 0.379 e. The third-order valence-electron chi connectivity index (χ3n) is 9.05. The van der Waals surface area contributed by atoms with Crippen LogP contribution < -0.4 is 10.2 Å². The number of hydrogen-bond donors (Lipinski definition) is 1. The van der Waals surface area contributed by atoms with E-state index in [0.29, 0.717) is 19.5 Å². The van der Waals surface area contributed by atoms with Gasteiger partial charge in [-0.2, -0.15) is 0 Å². The van der Waals surface area contributed by atoms with Crippen LogP contribution in [0.15, 0.2) is 24.3 Å². The number of likely N-dealkylation sites (N-methyl/N-ethyl adjacent to an activating group) is 1. The van der Waals surface area contributed by atoms with Gasteiger partial charge in [0.2, 0.25) is 17.7 Å². The van der Waals surface area contributed by atoms with Crippen LogP contribution >= 0.6 is 0 Å². The van der Waals surface area contributed by atoms with Crippen LogP contribution in [-0.4, -0.2) is 100 Å². The number of rotatable bonds is 17. The number of nitrogens with one attached hydrogen (secondary N) is 1. The zero-order valence-corrected chi connectivity index (χ0v) is 28.4. The number of nitrogens with zero attached hydrogens (tertiary/aromatic N) is 3. The highest BCUT2D eigenvalue weighted by Crippen LogP contribution is 2.29. The first kappa shape index (κ1) is 36.5. The fourth-order valence-corrected chi connectivity index (χ4v) is 6.27. The second-order valence-corrected chi connectivity index (χ2v) is 12.8. The normalized spacial score (nSPS) is 18.6. The number of carbonyl (C=O) groups excluding carboxylic acids is 3. The second-order valence-electron chi connectivity index (χ2n) is 12.8. The number of carbonyl (C=O) groups is 3. The first-order valence-electron chi connectivity index (χ1n) is 16.0. The van der Waals surface area contributed by atoms with Gasteiger partial charge in [0.05, 0.1) is 36.6 Å². The quantitative estimate of drug-likeness (QED) is 0.285. The van der Waals surface area contributed by atoms with E-state index in [1.54, 1.807) is 19.1 Å². The van der Waals surface area contributed by atoms with Gasteiger partial charge in [0.15, 0.2) is 0 Å². The van der Waals surface area contributed by atoms with Crippen molar-refractivity contribution >= 4 is 23.4 Å². The van der Waals surface area contributed by atoms with Crippen molar-refractivity contribution in [2.45, 2.75) is 97.4 Å². The Morgan fingerprint density at radius 3 is 2.19 bits per heavy atom. The van der Waals surface area contributed by atoms with Gasteiger partial charge >= 0.3 is 0 Å². The van der Waals surface area contributed by atoms with Crippen LogP contribution in [0.3, 0.4) is 0 Å². The maximum absolute atomic E-state index is 13.8. The van der Waals surface area contributed by atoms with Crippen molar-refractivity contribution in [3.8, 4) is 0 Å². The molecule has 0 aromatic heterocycles. The lowest BCUT2D eigenvalue weighted by Crippen LogP contribution is -2.53. The van der Waals surface area contributed by atoms with Gasteiger partial charge in [-0.3, -0.25) is 14.4 Å². The average Bonchev–Trinajstić information content (AvgIpc) is 3.46. The van der Waals surface area contributed by atoms with Crippen LogP contribution in [-0.2, 0) is 30.3 Å². The van der Waals surface area contributed by atoms with Gasteiger partial charge in [-0.05, 0) is 48.8 Å². The van der Waals surface area contributed by atoms with Crippen molar-refractivity contribution in [1.82, 2.24) is 15.1 Å². The van der Waals surface area contributed by atoms with Gasteiger partial charge < -0.3 is 29.5 Å². The topological polar surface area (TPSA) is 91.4 Å². The van der Waals surface area contributed by atoms with Crippen LogP contribution in [0.1, 0.15) is 72.3 Å². The first-order chi connectivity index (χ1) is 20.4. The van der Waals surface area contributed by atoms with E-state index in [1.807, 2.05) is 46.8 Å². The highest BCUT2D eigenvalue weighted by atomic mass is 16.5. The Kier molecular flexibility index (Phi) is 15.0. The predicted molar refractivity (Wildman–Crippen MR) is 173 cm³/mol. The van der Waals surface area contributed by atoms with Crippen molar-refractivity contribution in [3.05, 3.63) is 29.8 Å². The molecule has 43 heavy (non-hydrogen) atoms. The average molecular weight is 603 g/mol. The molecule has 1 aliphatic heterocycles.